The number of hydrogen-bond acceptors (Lipinski definition) is 6. The minimum Gasteiger partial charge on any atom is -0.328 e. The summed E-state index contributed by atoms with van der Waals surface area (Å²) in [6.07, 6.45) is 21.5. The van der Waals surface area contributed by atoms with Crippen LogP contribution in [0.5, 0.6) is 0 Å². The zero-order valence-corrected chi connectivity index (χ0v) is 29.3. The van der Waals surface area contributed by atoms with Crippen molar-refractivity contribution in [2.45, 2.75) is 177 Å². The summed E-state index contributed by atoms with van der Waals surface area (Å²) in [5.74, 6) is -1.61. The Morgan fingerprint density at radius 3 is 0.780 bits per heavy atom. The average Bonchev–Trinajstić information content (AvgIpc) is 2.94. The fourth-order valence-electron chi connectivity index (χ4n) is 4.60. The van der Waals surface area contributed by atoms with Gasteiger partial charge in [-0.3, -0.25) is 0 Å². The standard InChI is InChI=1S/2C16H34O3.C3H6/c2*1-5-9-10-11-12-13-14-15-16(17-6-2,18-7-3)19-8-4;1-3-2/h2*5-15H2,1-4H3;3H,1H2,2H3. The molecule has 250 valence electrons. The van der Waals surface area contributed by atoms with E-state index >= 15 is 0 Å². The summed E-state index contributed by atoms with van der Waals surface area (Å²) in [5.41, 5.74) is 0. The van der Waals surface area contributed by atoms with Crippen molar-refractivity contribution >= 4 is 0 Å². The Morgan fingerprint density at radius 2 is 0.585 bits per heavy atom. The van der Waals surface area contributed by atoms with Crippen LogP contribution in [0.4, 0.5) is 0 Å². The maximum absolute atomic E-state index is 5.71. The van der Waals surface area contributed by atoms with E-state index in [2.05, 4.69) is 20.4 Å². The number of ether oxygens (including phenoxy) is 6. The van der Waals surface area contributed by atoms with E-state index in [0.717, 1.165) is 25.7 Å². The van der Waals surface area contributed by atoms with Gasteiger partial charge in [0.2, 0.25) is 0 Å². The summed E-state index contributed by atoms with van der Waals surface area (Å²) in [5, 5.41) is 0. The summed E-state index contributed by atoms with van der Waals surface area (Å²) in [6, 6.07) is 0. The van der Waals surface area contributed by atoms with Gasteiger partial charge in [-0.05, 0) is 61.3 Å². The van der Waals surface area contributed by atoms with E-state index in [-0.39, 0.29) is 0 Å². The maximum Gasteiger partial charge on any atom is 0.282 e. The molecule has 0 rings (SSSR count). The summed E-state index contributed by atoms with van der Waals surface area (Å²) in [7, 11) is 0. The summed E-state index contributed by atoms with van der Waals surface area (Å²) in [6.45, 7) is 25.4. The maximum atomic E-state index is 5.71. The van der Waals surface area contributed by atoms with Gasteiger partial charge in [0.05, 0.1) is 0 Å². The van der Waals surface area contributed by atoms with Gasteiger partial charge >= 0.3 is 0 Å². The van der Waals surface area contributed by atoms with Crippen molar-refractivity contribution in [1.82, 2.24) is 0 Å². The molecule has 0 heterocycles. The first-order valence-corrected chi connectivity index (χ1v) is 17.3. The van der Waals surface area contributed by atoms with Crippen molar-refractivity contribution in [2.75, 3.05) is 39.6 Å². The molecule has 0 atom stereocenters. The molecule has 6 heteroatoms. The van der Waals surface area contributed by atoms with Crippen LogP contribution in [0.15, 0.2) is 12.7 Å². The SMILES string of the molecule is C=CC.CCCCCCCCCC(OCC)(OCC)OCC.CCCCCCCCCC(OCC)(OCC)OCC. The number of unbranched alkanes of at least 4 members (excludes halogenated alkanes) is 12. The molecule has 0 fully saturated rings. The van der Waals surface area contributed by atoms with Gasteiger partial charge < -0.3 is 28.4 Å². The van der Waals surface area contributed by atoms with Crippen LogP contribution in [-0.2, 0) is 28.4 Å². The minimum atomic E-state index is -0.804. The zero-order chi connectivity index (χ0) is 31.5. The second-order valence-electron chi connectivity index (χ2n) is 10.1. The molecular formula is C35H74O6. The van der Waals surface area contributed by atoms with Gasteiger partial charge in [-0.25, -0.2) is 0 Å². The van der Waals surface area contributed by atoms with Gasteiger partial charge in [-0.1, -0.05) is 97.0 Å². The highest BCUT2D eigenvalue weighted by molar-refractivity contribution is 4.60. The topological polar surface area (TPSA) is 55.4 Å². The normalized spacial score (nSPS) is 11.4. The van der Waals surface area contributed by atoms with Gasteiger partial charge in [0.25, 0.3) is 11.9 Å². The predicted octanol–water partition coefficient (Wildman–Crippen LogP) is 11.0. The van der Waals surface area contributed by atoms with Crippen LogP contribution in [0.2, 0.25) is 0 Å². The van der Waals surface area contributed by atoms with Crippen molar-refractivity contribution in [1.29, 1.82) is 0 Å². The van der Waals surface area contributed by atoms with E-state index in [1.165, 1.54) is 77.0 Å². The van der Waals surface area contributed by atoms with Crippen molar-refractivity contribution < 1.29 is 28.4 Å². The fourth-order valence-corrected chi connectivity index (χ4v) is 4.60. The average molecular weight is 591 g/mol. The molecule has 0 aliphatic heterocycles. The first-order valence-electron chi connectivity index (χ1n) is 17.3. The molecule has 0 unspecified atom stereocenters. The molecule has 0 aromatic heterocycles. The molecule has 0 saturated carbocycles. The number of rotatable bonds is 28. The molecule has 0 aliphatic rings. The number of hydrogen-bond donors (Lipinski definition) is 0. The van der Waals surface area contributed by atoms with Crippen LogP contribution in [0.1, 0.15) is 165 Å². The van der Waals surface area contributed by atoms with Crippen LogP contribution in [-0.4, -0.2) is 51.6 Å². The molecule has 0 aliphatic carbocycles. The summed E-state index contributed by atoms with van der Waals surface area (Å²) in [4.78, 5) is 0. The van der Waals surface area contributed by atoms with Gasteiger partial charge in [0, 0.05) is 52.5 Å². The highest BCUT2D eigenvalue weighted by atomic mass is 16.9. The van der Waals surface area contributed by atoms with Crippen molar-refractivity contribution in [2.24, 2.45) is 0 Å². The van der Waals surface area contributed by atoms with Crippen LogP contribution in [0, 0.1) is 0 Å². The minimum absolute atomic E-state index is 0.622. The van der Waals surface area contributed by atoms with E-state index < -0.39 is 11.9 Å². The quantitative estimate of drug-likeness (QED) is 0.0513. The van der Waals surface area contributed by atoms with E-state index in [1.54, 1.807) is 6.08 Å². The van der Waals surface area contributed by atoms with Crippen molar-refractivity contribution in [3.63, 3.8) is 0 Å². The molecule has 41 heavy (non-hydrogen) atoms. The van der Waals surface area contributed by atoms with Crippen molar-refractivity contribution in [3.8, 4) is 0 Å². The Kier molecular flexibility index (Phi) is 39.1. The highest BCUT2D eigenvalue weighted by Crippen LogP contribution is 2.25. The van der Waals surface area contributed by atoms with Crippen LogP contribution >= 0.6 is 0 Å². The second kappa shape index (κ2) is 35.7. The van der Waals surface area contributed by atoms with E-state index in [4.69, 9.17) is 28.4 Å². The third-order valence-corrected chi connectivity index (χ3v) is 6.36. The van der Waals surface area contributed by atoms with Crippen LogP contribution < -0.4 is 0 Å². The predicted molar refractivity (Wildman–Crippen MR) is 176 cm³/mol. The molecule has 0 N–H and O–H groups in total. The Labute approximate surface area is 257 Å². The van der Waals surface area contributed by atoms with Crippen LogP contribution in [0.3, 0.4) is 0 Å². The van der Waals surface area contributed by atoms with E-state index in [9.17, 15) is 0 Å². The van der Waals surface area contributed by atoms with Crippen molar-refractivity contribution in [3.05, 3.63) is 12.7 Å². The zero-order valence-electron chi connectivity index (χ0n) is 29.3. The number of allylic oxidation sites excluding steroid dienone is 1. The lowest BCUT2D eigenvalue weighted by Crippen LogP contribution is -2.39. The molecule has 0 saturated heterocycles. The Balaban J connectivity index is -0.000000642. The lowest BCUT2D eigenvalue weighted by Gasteiger charge is -2.32. The molecule has 0 spiro atoms. The van der Waals surface area contributed by atoms with Crippen LogP contribution in [0.25, 0.3) is 0 Å². The molecule has 0 bridgehead atoms. The summed E-state index contributed by atoms with van der Waals surface area (Å²) >= 11 is 0. The molecule has 0 radical (unpaired) electrons. The first kappa shape index (κ1) is 44.9. The van der Waals surface area contributed by atoms with Gasteiger partial charge in [0.15, 0.2) is 0 Å². The smallest absolute Gasteiger partial charge is 0.282 e. The fraction of sp³-hybridized carbons (Fsp3) is 0.943. The Bertz CT molecular complexity index is 411. The third kappa shape index (κ3) is 29.4. The van der Waals surface area contributed by atoms with E-state index in [0.29, 0.717) is 39.6 Å². The Hall–Kier alpha value is -0.500. The lowest BCUT2D eigenvalue weighted by molar-refractivity contribution is -0.380. The van der Waals surface area contributed by atoms with Gasteiger partial charge in [0.1, 0.15) is 0 Å². The summed E-state index contributed by atoms with van der Waals surface area (Å²) < 4.78 is 34.3. The Morgan fingerprint density at radius 1 is 0.390 bits per heavy atom. The molecule has 0 amide bonds. The third-order valence-electron chi connectivity index (χ3n) is 6.36. The first-order chi connectivity index (χ1) is 19.9. The molecule has 0 aromatic rings. The van der Waals surface area contributed by atoms with Gasteiger partial charge in [-0.2, -0.15) is 0 Å². The van der Waals surface area contributed by atoms with E-state index in [1.807, 2.05) is 48.5 Å². The molecule has 0 aromatic carbocycles. The molecule has 6 nitrogen and oxygen atoms in total. The van der Waals surface area contributed by atoms with Gasteiger partial charge in [-0.15, -0.1) is 6.58 Å². The second-order valence-corrected chi connectivity index (χ2v) is 10.1. The largest absolute Gasteiger partial charge is 0.328 e. The highest BCUT2D eigenvalue weighted by Gasteiger charge is 2.32. The monoisotopic (exact) mass is 591 g/mol. The molecular weight excluding hydrogens is 516 g/mol. The lowest BCUT2D eigenvalue weighted by atomic mass is 10.1.